The van der Waals surface area contributed by atoms with Gasteiger partial charge in [-0.05, 0) is 29.8 Å². The molecule has 0 atom stereocenters. The molecule has 0 fully saturated rings. The minimum Gasteiger partial charge on any atom is -0.423 e. The third-order valence-electron chi connectivity index (χ3n) is 2.22. The number of hydrogen-bond donors (Lipinski definition) is 0. The van der Waals surface area contributed by atoms with E-state index in [0.29, 0.717) is 5.76 Å². The molecule has 2 rings (SSSR count). The first-order chi connectivity index (χ1) is 7.95. The molecule has 1 aromatic rings. The van der Waals surface area contributed by atoms with Gasteiger partial charge in [-0.25, -0.2) is 13.2 Å². The molecule has 1 heterocycles. The van der Waals surface area contributed by atoms with E-state index in [1.807, 2.05) is 0 Å². The average Bonchev–Trinajstić information content (AvgIpc) is 2.63. The van der Waals surface area contributed by atoms with E-state index >= 15 is 0 Å². The number of ether oxygens (including phenoxy) is 1. The Morgan fingerprint density at radius 3 is 2.24 bits per heavy atom. The van der Waals surface area contributed by atoms with Crippen molar-refractivity contribution in [3.63, 3.8) is 0 Å². The predicted molar refractivity (Wildman–Crippen MR) is 62.8 cm³/mol. The second kappa shape index (κ2) is 4.18. The summed E-state index contributed by atoms with van der Waals surface area (Å²) in [7, 11) is -3.18. The molecule has 0 amide bonds. The van der Waals surface area contributed by atoms with Crippen molar-refractivity contribution in [2.45, 2.75) is 4.90 Å². The van der Waals surface area contributed by atoms with Crippen molar-refractivity contribution < 1.29 is 17.9 Å². The molecule has 0 bridgehead atoms. The summed E-state index contributed by atoms with van der Waals surface area (Å²) in [5, 5.41) is 0. The summed E-state index contributed by atoms with van der Waals surface area (Å²) >= 11 is 0. The van der Waals surface area contributed by atoms with Crippen molar-refractivity contribution in [2.24, 2.45) is 0 Å². The van der Waals surface area contributed by atoms with Gasteiger partial charge >= 0.3 is 5.97 Å². The Labute approximate surface area is 99.1 Å². The first-order valence-corrected chi connectivity index (χ1v) is 6.76. The van der Waals surface area contributed by atoms with E-state index in [4.69, 9.17) is 4.74 Å². The number of allylic oxidation sites excluding steroid dienone is 1. The molecule has 0 saturated carbocycles. The third-order valence-corrected chi connectivity index (χ3v) is 3.35. The summed E-state index contributed by atoms with van der Waals surface area (Å²) in [6.45, 7) is 0. The van der Waals surface area contributed by atoms with E-state index in [2.05, 4.69) is 0 Å². The number of esters is 1. The monoisotopic (exact) mass is 250 g/mol. The molecule has 4 nitrogen and oxygen atoms in total. The SMILES string of the molecule is CS(=O)(=O)c1ccc(/C=C2/C=CC(=O)O2)cc1. The van der Waals surface area contributed by atoms with Crippen LogP contribution in [0.15, 0.2) is 47.1 Å². The maximum absolute atomic E-state index is 11.2. The Bertz CT molecular complexity index is 606. The zero-order valence-electron chi connectivity index (χ0n) is 9.08. The Hall–Kier alpha value is -1.88. The van der Waals surface area contributed by atoms with Gasteiger partial charge in [-0.15, -0.1) is 0 Å². The second-order valence-electron chi connectivity index (χ2n) is 3.64. The number of sulfone groups is 1. The summed E-state index contributed by atoms with van der Waals surface area (Å²) in [4.78, 5) is 11.1. The lowest BCUT2D eigenvalue weighted by molar-refractivity contribution is -0.132. The molecule has 0 aliphatic carbocycles. The molecular formula is C12H10O4S. The molecule has 88 valence electrons. The van der Waals surface area contributed by atoms with Gasteiger partial charge in [0, 0.05) is 12.3 Å². The number of carbonyl (C=O) groups excluding carboxylic acids is 1. The van der Waals surface area contributed by atoms with Gasteiger partial charge in [-0.2, -0.15) is 0 Å². The number of cyclic esters (lactones) is 1. The largest absolute Gasteiger partial charge is 0.423 e. The molecule has 0 spiro atoms. The average molecular weight is 250 g/mol. The molecule has 0 unspecified atom stereocenters. The van der Waals surface area contributed by atoms with Crippen molar-refractivity contribution >= 4 is 21.9 Å². The zero-order chi connectivity index (χ0) is 12.5. The fourth-order valence-electron chi connectivity index (χ4n) is 1.39. The first-order valence-electron chi connectivity index (χ1n) is 4.87. The van der Waals surface area contributed by atoms with E-state index in [1.165, 1.54) is 18.2 Å². The highest BCUT2D eigenvalue weighted by Gasteiger charge is 2.09. The second-order valence-corrected chi connectivity index (χ2v) is 5.66. The van der Waals surface area contributed by atoms with E-state index in [0.717, 1.165) is 11.8 Å². The van der Waals surface area contributed by atoms with Crippen molar-refractivity contribution in [2.75, 3.05) is 6.26 Å². The van der Waals surface area contributed by atoms with Crippen LogP contribution >= 0.6 is 0 Å². The van der Waals surface area contributed by atoms with E-state index < -0.39 is 15.8 Å². The zero-order valence-corrected chi connectivity index (χ0v) is 9.90. The molecular weight excluding hydrogens is 240 g/mol. The Morgan fingerprint density at radius 1 is 1.12 bits per heavy atom. The highest BCUT2D eigenvalue weighted by molar-refractivity contribution is 7.90. The van der Waals surface area contributed by atoms with Crippen LogP contribution in [0.5, 0.6) is 0 Å². The van der Waals surface area contributed by atoms with Crippen LogP contribution in [0.25, 0.3) is 6.08 Å². The number of carbonyl (C=O) groups is 1. The van der Waals surface area contributed by atoms with Crippen molar-refractivity contribution in [3.05, 3.63) is 47.7 Å². The summed E-state index contributed by atoms with van der Waals surface area (Å²) < 4.78 is 27.3. The topological polar surface area (TPSA) is 60.4 Å². The van der Waals surface area contributed by atoms with Gasteiger partial charge in [0.2, 0.25) is 0 Å². The number of rotatable bonds is 2. The van der Waals surface area contributed by atoms with Gasteiger partial charge in [0.25, 0.3) is 0 Å². The van der Waals surface area contributed by atoms with Crippen LogP contribution in [0.1, 0.15) is 5.56 Å². The van der Waals surface area contributed by atoms with Crippen LogP contribution in [0.4, 0.5) is 0 Å². The van der Waals surface area contributed by atoms with Gasteiger partial charge in [0.15, 0.2) is 9.84 Å². The summed E-state index contributed by atoms with van der Waals surface area (Å²) in [6, 6.07) is 6.34. The lowest BCUT2D eigenvalue weighted by atomic mass is 10.2. The quantitative estimate of drug-likeness (QED) is 0.747. The Kier molecular flexibility index (Phi) is 2.85. The summed E-state index contributed by atoms with van der Waals surface area (Å²) in [5.41, 5.74) is 0.770. The van der Waals surface area contributed by atoms with Crippen LogP contribution < -0.4 is 0 Å². The van der Waals surface area contributed by atoms with Crippen LogP contribution in [0.3, 0.4) is 0 Å². The lowest BCUT2D eigenvalue weighted by Gasteiger charge is -2.00. The van der Waals surface area contributed by atoms with Crippen LogP contribution in [0, 0.1) is 0 Å². The van der Waals surface area contributed by atoms with Crippen molar-refractivity contribution in [3.8, 4) is 0 Å². The maximum atomic E-state index is 11.2. The number of benzene rings is 1. The van der Waals surface area contributed by atoms with Crippen molar-refractivity contribution in [1.29, 1.82) is 0 Å². The molecule has 17 heavy (non-hydrogen) atoms. The van der Waals surface area contributed by atoms with Crippen molar-refractivity contribution in [1.82, 2.24) is 0 Å². The highest BCUT2D eigenvalue weighted by atomic mass is 32.2. The fraction of sp³-hybridized carbons (Fsp3) is 0.0833. The van der Waals surface area contributed by atoms with Gasteiger partial charge in [0.1, 0.15) is 5.76 Å². The maximum Gasteiger partial charge on any atom is 0.336 e. The molecule has 0 N–H and O–H groups in total. The molecule has 1 aliphatic heterocycles. The number of hydrogen-bond acceptors (Lipinski definition) is 4. The Balaban J connectivity index is 2.26. The molecule has 1 aliphatic rings. The standard InChI is InChI=1S/C12H10O4S/c1-17(14,15)11-5-2-9(3-6-11)8-10-4-7-12(13)16-10/h2-8H,1H3/b10-8-. The van der Waals surface area contributed by atoms with Crippen LogP contribution in [-0.4, -0.2) is 20.6 Å². The lowest BCUT2D eigenvalue weighted by Crippen LogP contribution is -1.96. The van der Waals surface area contributed by atoms with Crippen LogP contribution in [0.2, 0.25) is 0 Å². The molecule has 0 radical (unpaired) electrons. The van der Waals surface area contributed by atoms with Gasteiger partial charge in [0.05, 0.1) is 4.90 Å². The third kappa shape index (κ3) is 2.82. The van der Waals surface area contributed by atoms with E-state index in [9.17, 15) is 13.2 Å². The van der Waals surface area contributed by atoms with E-state index in [1.54, 1.807) is 24.3 Å². The van der Waals surface area contributed by atoms with Gasteiger partial charge in [-0.1, -0.05) is 12.1 Å². The predicted octanol–water partition coefficient (Wildman–Crippen LogP) is 1.54. The molecule has 1 aromatic carbocycles. The van der Waals surface area contributed by atoms with Gasteiger partial charge < -0.3 is 4.74 Å². The minimum atomic E-state index is -3.18. The van der Waals surface area contributed by atoms with Crippen LogP contribution in [-0.2, 0) is 19.4 Å². The summed E-state index contributed by atoms with van der Waals surface area (Å²) in [5.74, 6) is 0.0473. The fourth-order valence-corrected chi connectivity index (χ4v) is 2.02. The Morgan fingerprint density at radius 2 is 1.76 bits per heavy atom. The molecule has 5 heteroatoms. The summed E-state index contributed by atoms with van der Waals surface area (Å²) in [6.07, 6.45) is 5.71. The smallest absolute Gasteiger partial charge is 0.336 e. The minimum absolute atomic E-state index is 0.263. The van der Waals surface area contributed by atoms with Gasteiger partial charge in [-0.3, -0.25) is 0 Å². The van der Waals surface area contributed by atoms with E-state index in [-0.39, 0.29) is 4.90 Å². The molecule has 0 saturated heterocycles. The first kappa shape index (κ1) is 11.6. The molecule has 0 aromatic heterocycles. The normalized spacial score (nSPS) is 17.5. The highest BCUT2D eigenvalue weighted by Crippen LogP contribution is 2.16.